The lowest BCUT2D eigenvalue weighted by Crippen LogP contribution is -2.14. The average Bonchev–Trinajstić information content (AvgIpc) is 3.24. The lowest BCUT2D eigenvalue weighted by atomic mass is 10.0. The van der Waals surface area contributed by atoms with Crippen molar-refractivity contribution in [1.29, 1.82) is 0 Å². The molecule has 1 fully saturated rings. The van der Waals surface area contributed by atoms with Gasteiger partial charge in [0.05, 0.1) is 18.0 Å². The third-order valence-electron chi connectivity index (χ3n) is 5.79. The fourth-order valence-electron chi connectivity index (χ4n) is 4.02. The minimum atomic E-state index is -0.102. The number of carbonyl (C=O) groups excluding carboxylic acids is 1. The van der Waals surface area contributed by atoms with Crippen molar-refractivity contribution < 1.29 is 9.53 Å². The normalized spacial score (nSPS) is 17.0. The van der Waals surface area contributed by atoms with Crippen LogP contribution in [0.4, 0.5) is 5.13 Å². The zero-order valence-electron chi connectivity index (χ0n) is 18.6. The lowest BCUT2D eigenvalue weighted by molar-refractivity contribution is -0.117. The Hall–Kier alpha value is -3.52. The molecule has 2 atom stereocenters. The Bertz CT molecular complexity index is 1250. The van der Waals surface area contributed by atoms with Gasteiger partial charge in [0.2, 0.25) is 11.0 Å². The summed E-state index contributed by atoms with van der Waals surface area (Å²) in [5, 5.41) is 16.1. The summed E-state index contributed by atoms with van der Waals surface area (Å²) in [4.78, 5) is 12.8. The van der Waals surface area contributed by atoms with Gasteiger partial charge < -0.3 is 10.1 Å². The minimum Gasteiger partial charge on any atom is -0.493 e. The molecule has 1 aliphatic rings. The van der Waals surface area contributed by atoms with Crippen LogP contribution in [0.25, 0.3) is 16.9 Å². The molecular formula is C25H25N5O2S. The van der Waals surface area contributed by atoms with Crippen LogP contribution in [0.15, 0.2) is 60.2 Å². The zero-order chi connectivity index (χ0) is 22.8. The van der Waals surface area contributed by atoms with E-state index in [1.165, 1.54) is 11.3 Å². The van der Waals surface area contributed by atoms with Crippen molar-refractivity contribution in [3.63, 3.8) is 0 Å². The van der Waals surface area contributed by atoms with Gasteiger partial charge in [0.1, 0.15) is 11.3 Å². The maximum Gasteiger partial charge on any atom is 0.229 e. The molecule has 2 aromatic heterocycles. The average molecular weight is 460 g/mol. The first kappa shape index (κ1) is 21.3. The topological polar surface area (TPSA) is 81.9 Å². The fourth-order valence-corrected chi connectivity index (χ4v) is 4.47. The summed E-state index contributed by atoms with van der Waals surface area (Å²) in [5.74, 6) is 0.885. The van der Waals surface area contributed by atoms with Gasteiger partial charge in [-0.25, -0.2) is 4.68 Å². The van der Waals surface area contributed by atoms with Crippen LogP contribution in [0.3, 0.4) is 0 Å². The molecule has 168 valence electrons. The number of hydrogen-bond acceptors (Lipinski definition) is 6. The quantitative estimate of drug-likeness (QED) is 0.390. The van der Waals surface area contributed by atoms with Crippen LogP contribution >= 0.6 is 11.3 Å². The van der Waals surface area contributed by atoms with Crippen LogP contribution in [-0.4, -0.2) is 32.5 Å². The first-order chi connectivity index (χ1) is 16.1. The van der Waals surface area contributed by atoms with E-state index in [9.17, 15) is 4.79 Å². The van der Waals surface area contributed by atoms with Crippen molar-refractivity contribution in [2.75, 3.05) is 11.9 Å². The van der Waals surface area contributed by atoms with E-state index < -0.39 is 0 Å². The summed E-state index contributed by atoms with van der Waals surface area (Å²) < 4.78 is 7.75. The van der Waals surface area contributed by atoms with Gasteiger partial charge >= 0.3 is 0 Å². The molecule has 0 saturated heterocycles. The first-order valence-corrected chi connectivity index (χ1v) is 12.0. The molecule has 33 heavy (non-hydrogen) atoms. The molecule has 0 radical (unpaired) electrons. The van der Waals surface area contributed by atoms with Gasteiger partial charge in [0, 0.05) is 29.2 Å². The van der Waals surface area contributed by atoms with Crippen LogP contribution in [0.2, 0.25) is 0 Å². The van der Waals surface area contributed by atoms with Crippen molar-refractivity contribution in [3.05, 3.63) is 71.4 Å². The Labute approximate surface area is 196 Å². The number of para-hydroxylation sites is 1. The van der Waals surface area contributed by atoms with Crippen molar-refractivity contribution in [1.82, 2.24) is 20.0 Å². The molecule has 5 rings (SSSR count). The Morgan fingerprint density at radius 2 is 2.09 bits per heavy atom. The number of aryl methyl sites for hydroxylation is 1. The third kappa shape index (κ3) is 4.52. The number of hydrogen-bond donors (Lipinski definition) is 1. The maximum atomic E-state index is 12.8. The number of nitrogens with zero attached hydrogens (tertiary/aromatic N) is 4. The minimum absolute atomic E-state index is 0.0188. The molecule has 7 nitrogen and oxygen atoms in total. The third-order valence-corrected chi connectivity index (χ3v) is 6.40. The van der Waals surface area contributed by atoms with E-state index in [4.69, 9.17) is 9.84 Å². The van der Waals surface area contributed by atoms with Gasteiger partial charge in [-0.15, -0.1) is 10.2 Å². The van der Waals surface area contributed by atoms with E-state index in [-0.39, 0.29) is 17.7 Å². The largest absolute Gasteiger partial charge is 0.493 e. The van der Waals surface area contributed by atoms with Crippen molar-refractivity contribution >= 4 is 22.4 Å². The second-order valence-corrected chi connectivity index (χ2v) is 9.06. The summed E-state index contributed by atoms with van der Waals surface area (Å²) >= 11 is 1.32. The predicted octanol–water partition coefficient (Wildman–Crippen LogP) is 5.23. The van der Waals surface area contributed by atoms with Crippen molar-refractivity contribution in [2.45, 2.75) is 32.6 Å². The molecule has 4 aromatic rings. The highest BCUT2D eigenvalue weighted by Gasteiger charge is 2.46. The highest BCUT2D eigenvalue weighted by atomic mass is 32.1. The molecule has 2 unspecified atom stereocenters. The summed E-state index contributed by atoms with van der Waals surface area (Å²) in [6.45, 7) is 4.85. The standard InChI is InChI=1S/C25H25N5O2S/c1-3-11-32-22-10-9-17(12-16(22)2)23-21(14-30(29-23)18-7-5-4-6-8-18)19-13-20(19)24(31)27-25-28-26-15-33-25/h4-10,12,14-15,19-20H,3,11,13H2,1-2H3,(H,27,28,31). The molecule has 0 bridgehead atoms. The maximum absolute atomic E-state index is 12.8. The van der Waals surface area contributed by atoms with Crippen LogP contribution in [-0.2, 0) is 4.79 Å². The molecule has 1 amide bonds. The summed E-state index contributed by atoms with van der Waals surface area (Å²) in [7, 11) is 0. The Balaban J connectivity index is 1.46. The molecular weight excluding hydrogens is 434 g/mol. The molecule has 0 aliphatic heterocycles. The van der Waals surface area contributed by atoms with Gasteiger partial charge in [-0.2, -0.15) is 5.10 Å². The van der Waals surface area contributed by atoms with E-state index in [2.05, 4.69) is 47.7 Å². The number of benzene rings is 2. The second-order valence-electron chi connectivity index (χ2n) is 8.22. The molecule has 1 N–H and O–H groups in total. The molecule has 1 aliphatic carbocycles. The fraction of sp³-hybridized carbons (Fsp3) is 0.280. The first-order valence-electron chi connectivity index (χ1n) is 11.1. The molecule has 2 heterocycles. The molecule has 2 aromatic carbocycles. The number of rotatable bonds is 8. The second kappa shape index (κ2) is 9.15. The highest BCUT2D eigenvalue weighted by Crippen LogP contribution is 2.51. The van der Waals surface area contributed by atoms with E-state index in [1.807, 2.05) is 41.1 Å². The predicted molar refractivity (Wildman–Crippen MR) is 129 cm³/mol. The zero-order valence-corrected chi connectivity index (χ0v) is 19.4. The van der Waals surface area contributed by atoms with Gasteiger partial charge in [-0.05, 0) is 55.7 Å². The summed E-state index contributed by atoms with van der Waals surface area (Å²) in [5.41, 5.74) is 6.68. The van der Waals surface area contributed by atoms with Crippen LogP contribution in [0, 0.1) is 12.8 Å². The number of aromatic nitrogens is 4. The Morgan fingerprint density at radius 3 is 2.82 bits per heavy atom. The van der Waals surface area contributed by atoms with Crippen LogP contribution in [0.1, 0.15) is 36.8 Å². The number of carbonyl (C=O) groups is 1. The summed E-state index contributed by atoms with van der Waals surface area (Å²) in [6, 6.07) is 16.2. The SMILES string of the molecule is CCCOc1ccc(-c2nn(-c3ccccc3)cc2C2CC2C(=O)Nc2nncs2)cc1C. The number of nitrogens with one attached hydrogen (secondary N) is 1. The smallest absolute Gasteiger partial charge is 0.229 e. The van der Waals surface area contributed by atoms with E-state index >= 15 is 0 Å². The number of ether oxygens (including phenoxy) is 1. The van der Waals surface area contributed by atoms with Crippen molar-refractivity contribution in [2.24, 2.45) is 5.92 Å². The van der Waals surface area contributed by atoms with Crippen LogP contribution in [0.5, 0.6) is 5.75 Å². The van der Waals surface area contributed by atoms with Gasteiger partial charge in [-0.1, -0.05) is 36.5 Å². The monoisotopic (exact) mass is 459 g/mol. The highest BCUT2D eigenvalue weighted by molar-refractivity contribution is 7.13. The van der Waals surface area contributed by atoms with Gasteiger partial charge in [-0.3, -0.25) is 4.79 Å². The molecule has 0 spiro atoms. The van der Waals surface area contributed by atoms with Gasteiger partial charge in [0.25, 0.3) is 0 Å². The number of anilines is 1. The Kier molecular flexibility index (Phi) is 5.92. The number of amides is 1. The van der Waals surface area contributed by atoms with Crippen molar-refractivity contribution in [3.8, 4) is 22.7 Å². The molecule has 1 saturated carbocycles. The Morgan fingerprint density at radius 1 is 1.24 bits per heavy atom. The van der Waals surface area contributed by atoms with Gasteiger partial charge in [0.15, 0.2) is 0 Å². The molecule has 8 heteroatoms. The van der Waals surface area contributed by atoms with E-state index in [0.29, 0.717) is 11.7 Å². The van der Waals surface area contributed by atoms with E-state index in [1.54, 1.807) is 5.51 Å². The van der Waals surface area contributed by atoms with Crippen LogP contribution < -0.4 is 10.1 Å². The lowest BCUT2D eigenvalue weighted by Gasteiger charge is -2.10. The summed E-state index contributed by atoms with van der Waals surface area (Å²) in [6.07, 6.45) is 3.81. The van der Waals surface area contributed by atoms with E-state index in [0.717, 1.165) is 46.7 Å².